The second kappa shape index (κ2) is 5.78. The van der Waals surface area contributed by atoms with E-state index in [0.29, 0.717) is 5.56 Å². The first kappa shape index (κ1) is 14.0. The lowest BCUT2D eigenvalue weighted by molar-refractivity contribution is -0.120. The Hall–Kier alpha value is -1.00. The fraction of sp³-hybridized carbons (Fsp3) is 0.312. The van der Waals surface area contributed by atoms with Gasteiger partial charge < -0.3 is 0 Å². The third kappa shape index (κ3) is 2.72. The molecule has 20 heavy (non-hydrogen) atoms. The number of carbonyl (C=O) groups is 1. The zero-order valence-corrected chi connectivity index (χ0v) is 13.3. The van der Waals surface area contributed by atoms with Gasteiger partial charge in [0, 0.05) is 21.7 Å². The van der Waals surface area contributed by atoms with Gasteiger partial charge in [-0.15, -0.1) is 11.3 Å². The van der Waals surface area contributed by atoms with Gasteiger partial charge in [-0.05, 0) is 60.0 Å². The number of ketones is 1. The van der Waals surface area contributed by atoms with Crippen molar-refractivity contribution < 1.29 is 9.18 Å². The summed E-state index contributed by atoms with van der Waals surface area (Å²) in [6, 6.07) is 6.81. The smallest absolute Gasteiger partial charge is 0.144 e. The Kier molecular flexibility index (Phi) is 4.03. The Balaban J connectivity index is 1.83. The van der Waals surface area contributed by atoms with E-state index in [2.05, 4.69) is 27.4 Å². The topological polar surface area (TPSA) is 17.1 Å². The highest BCUT2D eigenvalue weighted by molar-refractivity contribution is 9.10. The summed E-state index contributed by atoms with van der Waals surface area (Å²) in [6.45, 7) is 0. The molecule has 0 aliphatic heterocycles. The van der Waals surface area contributed by atoms with Gasteiger partial charge in [0.05, 0.1) is 0 Å². The van der Waals surface area contributed by atoms with Crippen LogP contribution in [0.15, 0.2) is 34.1 Å². The SMILES string of the molecule is O=C(Cc1cc(Br)ccc1F)C1CCCc2sccc21. The van der Waals surface area contributed by atoms with Crippen molar-refractivity contribution in [2.75, 3.05) is 0 Å². The molecule has 1 aliphatic rings. The van der Waals surface area contributed by atoms with E-state index >= 15 is 0 Å². The molecule has 1 heterocycles. The Morgan fingerprint density at radius 3 is 3.10 bits per heavy atom. The molecule has 1 nitrogen and oxygen atoms in total. The zero-order chi connectivity index (χ0) is 14.1. The maximum Gasteiger partial charge on any atom is 0.144 e. The Labute approximate surface area is 130 Å². The molecule has 1 aromatic heterocycles. The van der Waals surface area contributed by atoms with E-state index in [1.807, 2.05) is 0 Å². The van der Waals surface area contributed by atoms with E-state index in [1.54, 1.807) is 23.5 Å². The Morgan fingerprint density at radius 1 is 1.40 bits per heavy atom. The minimum Gasteiger partial charge on any atom is -0.299 e. The van der Waals surface area contributed by atoms with E-state index in [9.17, 15) is 9.18 Å². The van der Waals surface area contributed by atoms with Gasteiger partial charge >= 0.3 is 0 Å². The van der Waals surface area contributed by atoms with E-state index in [4.69, 9.17) is 0 Å². The van der Waals surface area contributed by atoms with Crippen LogP contribution in [0.2, 0.25) is 0 Å². The summed E-state index contributed by atoms with van der Waals surface area (Å²) in [5, 5.41) is 2.05. The lowest BCUT2D eigenvalue weighted by atomic mass is 9.83. The number of benzene rings is 1. The first-order valence-corrected chi connectivity index (χ1v) is 8.35. The monoisotopic (exact) mass is 352 g/mol. The van der Waals surface area contributed by atoms with Crippen molar-refractivity contribution >= 4 is 33.0 Å². The summed E-state index contributed by atoms with van der Waals surface area (Å²) in [5.41, 5.74) is 1.65. The largest absolute Gasteiger partial charge is 0.299 e. The lowest BCUT2D eigenvalue weighted by Gasteiger charge is -2.21. The molecular formula is C16H14BrFOS. The van der Waals surface area contributed by atoms with E-state index in [1.165, 1.54) is 16.5 Å². The number of aryl methyl sites for hydroxylation is 1. The third-order valence-electron chi connectivity index (χ3n) is 3.81. The highest BCUT2D eigenvalue weighted by Gasteiger charge is 2.27. The number of carbonyl (C=O) groups excluding carboxylic acids is 1. The molecule has 4 heteroatoms. The first-order chi connectivity index (χ1) is 9.65. The number of Topliss-reactive ketones (excluding diaryl/α,β-unsaturated/α-hetero) is 1. The molecule has 0 fully saturated rings. The van der Waals surface area contributed by atoms with Crippen molar-refractivity contribution in [1.29, 1.82) is 0 Å². The van der Waals surface area contributed by atoms with Crippen LogP contribution in [0.25, 0.3) is 0 Å². The molecule has 0 radical (unpaired) electrons. The van der Waals surface area contributed by atoms with Crippen LogP contribution in [0, 0.1) is 5.82 Å². The molecule has 0 bridgehead atoms. The molecule has 1 aromatic carbocycles. The van der Waals surface area contributed by atoms with Gasteiger partial charge in [-0.3, -0.25) is 4.79 Å². The van der Waals surface area contributed by atoms with Gasteiger partial charge in [-0.2, -0.15) is 0 Å². The number of hydrogen-bond acceptors (Lipinski definition) is 2. The summed E-state index contributed by atoms with van der Waals surface area (Å²) < 4.78 is 14.6. The molecule has 1 atom stereocenters. The number of hydrogen-bond donors (Lipinski definition) is 0. The van der Waals surface area contributed by atoms with Gasteiger partial charge in [0.15, 0.2) is 0 Å². The molecule has 1 aliphatic carbocycles. The van der Waals surface area contributed by atoms with Crippen molar-refractivity contribution in [3.63, 3.8) is 0 Å². The third-order valence-corrected chi connectivity index (χ3v) is 5.30. The number of halogens is 2. The maximum absolute atomic E-state index is 13.8. The molecule has 0 amide bonds. The zero-order valence-electron chi connectivity index (χ0n) is 10.9. The van der Waals surface area contributed by atoms with Crippen molar-refractivity contribution in [2.45, 2.75) is 31.6 Å². The number of thiophene rings is 1. The quantitative estimate of drug-likeness (QED) is 0.769. The fourth-order valence-corrected chi connectivity index (χ4v) is 4.21. The summed E-state index contributed by atoms with van der Waals surface area (Å²) in [7, 11) is 0. The van der Waals surface area contributed by atoms with Crippen LogP contribution >= 0.6 is 27.3 Å². The normalized spacial score (nSPS) is 17.8. The Bertz CT molecular complexity index is 650. The predicted octanol–water partition coefficient (Wildman–Crippen LogP) is 4.88. The average molecular weight is 353 g/mol. The molecule has 1 unspecified atom stereocenters. The highest BCUT2D eigenvalue weighted by Crippen LogP contribution is 2.36. The van der Waals surface area contributed by atoms with Crippen molar-refractivity contribution in [3.8, 4) is 0 Å². The van der Waals surface area contributed by atoms with E-state index in [0.717, 1.165) is 23.7 Å². The molecule has 0 saturated carbocycles. The average Bonchev–Trinajstić information content (AvgIpc) is 2.91. The van der Waals surface area contributed by atoms with Gasteiger partial charge in [0.2, 0.25) is 0 Å². The minimum absolute atomic E-state index is 0.0524. The highest BCUT2D eigenvalue weighted by atomic mass is 79.9. The van der Waals surface area contributed by atoms with Crippen molar-refractivity contribution in [2.24, 2.45) is 0 Å². The molecule has 0 spiro atoms. The van der Waals surface area contributed by atoms with Crippen LogP contribution in [0.3, 0.4) is 0 Å². The predicted molar refractivity (Wildman–Crippen MR) is 82.8 cm³/mol. The van der Waals surface area contributed by atoms with Crippen LogP contribution in [0.4, 0.5) is 4.39 Å². The van der Waals surface area contributed by atoms with Gasteiger partial charge in [-0.1, -0.05) is 15.9 Å². The molecule has 0 saturated heterocycles. The number of rotatable bonds is 3. The summed E-state index contributed by atoms with van der Waals surface area (Å²) in [4.78, 5) is 13.8. The maximum atomic E-state index is 13.8. The molecule has 2 aromatic rings. The molecule has 3 rings (SSSR count). The molecule has 104 valence electrons. The van der Waals surface area contributed by atoms with Gasteiger partial charge in [0.1, 0.15) is 11.6 Å². The van der Waals surface area contributed by atoms with Crippen LogP contribution in [-0.4, -0.2) is 5.78 Å². The Morgan fingerprint density at radius 2 is 2.25 bits per heavy atom. The second-order valence-corrected chi connectivity index (χ2v) is 7.04. The van der Waals surface area contributed by atoms with Gasteiger partial charge in [0.25, 0.3) is 0 Å². The van der Waals surface area contributed by atoms with Crippen molar-refractivity contribution in [3.05, 3.63) is 55.9 Å². The van der Waals surface area contributed by atoms with Crippen LogP contribution in [-0.2, 0) is 17.6 Å². The van der Waals surface area contributed by atoms with Crippen LogP contribution in [0.1, 0.15) is 34.8 Å². The van der Waals surface area contributed by atoms with E-state index in [-0.39, 0.29) is 23.9 Å². The first-order valence-electron chi connectivity index (χ1n) is 6.68. The van der Waals surface area contributed by atoms with E-state index < -0.39 is 0 Å². The lowest BCUT2D eigenvalue weighted by Crippen LogP contribution is -2.19. The van der Waals surface area contributed by atoms with Gasteiger partial charge in [-0.25, -0.2) is 4.39 Å². The second-order valence-electron chi connectivity index (χ2n) is 5.12. The van der Waals surface area contributed by atoms with Crippen LogP contribution in [0.5, 0.6) is 0 Å². The standard InChI is InChI=1S/C16H14BrFOS/c17-11-4-5-14(18)10(8-11)9-15(19)12-2-1-3-16-13(12)6-7-20-16/h4-8,12H,1-3,9H2. The number of fused-ring (bicyclic) bond motifs is 1. The summed E-state index contributed by atoms with van der Waals surface area (Å²) in [5.74, 6) is -0.229. The van der Waals surface area contributed by atoms with Crippen molar-refractivity contribution in [1.82, 2.24) is 0 Å². The summed E-state index contributed by atoms with van der Waals surface area (Å²) in [6.07, 6.45) is 3.18. The molecular weight excluding hydrogens is 339 g/mol. The molecule has 0 N–H and O–H groups in total. The minimum atomic E-state index is -0.303. The van der Waals surface area contributed by atoms with Crippen LogP contribution < -0.4 is 0 Å². The summed E-state index contributed by atoms with van der Waals surface area (Å²) >= 11 is 5.05. The fourth-order valence-electron chi connectivity index (χ4n) is 2.81.